The number of aromatic hydroxyl groups is 1. The summed E-state index contributed by atoms with van der Waals surface area (Å²) in [6.45, 7) is 10.3. The van der Waals surface area contributed by atoms with Crippen molar-refractivity contribution >= 4 is 11.9 Å². The number of carbonyl (C=O) groups excluding carboxylic acids is 1. The molecule has 0 fully saturated rings. The molecule has 0 aliphatic carbocycles. The van der Waals surface area contributed by atoms with Crippen LogP contribution in [0.15, 0.2) is 60.2 Å². The van der Waals surface area contributed by atoms with Crippen molar-refractivity contribution in [1.29, 1.82) is 0 Å². The average Bonchev–Trinajstić information content (AvgIpc) is 2.79. The first-order valence-corrected chi connectivity index (χ1v) is 10.8. The molecular weight excluding hydrogens is 416 g/mol. The molecule has 1 unspecified atom stereocenters. The Morgan fingerprint density at radius 3 is 2.27 bits per heavy atom. The highest BCUT2D eigenvalue weighted by molar-refractivity contribution is 6.11. The summed E-state index contributed by atoms with van der Waals surface area (Å²) in [5, 5.41) is 10.0. The minimum absolute atomic E-state index is 0.0967. The van der Waals surface area contributed by atoms with Crippen LogP contribution in [0.4, 0.5) is 0 Å². The first-order valence-electron chi connectivity index (χ1n) is 10.8. The molecule has 5 heteroatoms. The number of para-hydroxylation sites is 1. The van der Waals surface area contributed by atoms with Gasteiger partial charge in [-0.15, -0.1) is 0 Å². The summed E-state index contributed by atoms with van der Waals surface area (Å²) in [5.41, 5.74) is 3.92. The number of phenols is 1. The van der Waals surface area contributed by atoms with Crippen molar-refractivity contribution in [3.8, 4) is 23.0 Å². The van der Waals surface area contributed by atoms with Gasteiger partial charge in [0.05, 0.1) is 21.3 Å². The van der Waals surface area contributed by atoms with E-state index < -0.39 is 0 Å². The lowest BCUT2D eigenvalue weighted by atomic mass is 9.87. The van der Waals surface area contributed by atoms with E-state index in [2.05, 4.69) is 26.5 Å². The maximum Gasteiger partial charge on any atom is 0.193 e. The van der Waals surface area contributed by atoms with Crippen LogP contribution in [0.3, 0.4) is 0 Å². The number of allylic oxidation sites excluding steroid dienone is 4. The van der Waals surface area contributed by atoms with Crippen LogP contribution in [0.2, 0.25) is 0 Å². The standard InChI is InChI=1S/C28H34O5/c1-18(2)12-13-21(19(3)4)16-22-25(31-5)17-26(32-6)27(28(22)33-7)24(30)15-14-20-10-8-9-11-23(20)29/h8-12,14-15,17,21,29H,3,13,16H2,1-2,4-7H3/b15-14+. The Kier molecular flexibility index (Phi) is 9.34. The van der Waals surface area contributed by atoms with Gasteiger partial charge in [-0.3, -0.25) is 4.79 Å². The van der Waals surface area contributed by atoms with Crippen LogP contribution in [0, 0.1) is 5.92 Å². The number of hydrogen-bond donors (Lipinski definition) is 1. The summed E-state index contributed by atoms with van der Waals surface area (Å²) in [6.07, 6.45) is 6.59. The van der Waals surface area contributed by atoms with E-state index in [4.69, 9.17) is 14.2 Å². The predicted octanol–water partition coefficient (Wildman–Crippen LogP) is 6.41. The number of rotatable bonds is 11. The molecule has 0 amide bonds. The summed E-state index contributed by atoms with van der Waals surface area (Å²) >= 11 is 0. The van der Waals surface area contributed by atoms with Crippen LogP contribution in [0.5, 0.6) is 23.0 Å². The monoisotopic (exact) mass is 450 g/mol. The van der Waals surface area contributed by atoms with Gasteiger partial charge >= 0.3 is 0 Å². The summed E-state index contributed by atoms with van der Waals surface area (Å²) in [4.78, 5) is 13.3. The second kappa shape index (κ2) is 12.0. The second-order valence-corrected chi connectivity index (χ2v) is 8.19. The van der Waals surface area contributed by atoms with E-state index in [-0.39, 0.29) is 17.5 Å². The van der Waals surface area contributed by atoms with Crippen molar-refractivity contribution < 1.29 is 24.1 Å². The molecule has 0 aliphatic rings. The van der Waals surface area contributed by atoms with Crippen LogP contribution in [0.1, 0.15) is 48.7 Å². The Bertz CT molecular complexity index is 1060. The van der Waals surface area contributed by atoms with E-state index in [0.29, 0.717) is 34.8 Å². The molecule has 5 nitrogen and oxygen atoms in total. The molecule has 176 valence electrons. The summed E-state index contributed by atoms with van der Waals surface area (Å²) in [7, 11) is 4.62. The molecule has 0 saturated heterocycles. The molecule has 0 bridgehead atoms. The van der Waals surface area contributed by atoms with E-state index in [1.54, 1.807) is 43.5 Å². The van der Waals surface area contributed by atoms with Crippen molar-refractivity contribution in [2.45, 2.75) is 33.6 Å². The van der Waals surface area contributed by atoms with E-state index in [1.807, 2.05) is 6.92 Å². The fraction of sp³-hybridized carbons (Fsp3) is 0.321. The Morgan fingerprint density at radius 2 is 1.73 bits per heavy atom. The molecular formula is C28H34O5. The van der Waals surface area contributed by atoms with Gasteiger partial charge < -0.3 is 19.3 Å². The molecule has 0 spiro atoms. The number of phenolic OH excluding ortho intramolecular Hbond substituents is 1. The Labute approximate surface area is 197 Å². The number of ketones is 1. The largest absolute Gasteiger partial charge is 0.507 e. The number of benzene rings is 2. The Balaban J connectivity index is 2.58. The van der Waals surface area contributed by atoms with Gasteiger partial charge in [0.1, 0.15) is 28.6 Å². The average molecular weight is 451 g/mol. The van der Waals surface area contributed by atoms with E-state index in [1.165, 1.54) is 25.9 Å². The van der Waals surface area contributed by atoms with Crippen LogP contribution in [-0.4, -0.2) is 32.2 Å². The van der Waals surface area contributed by atoms with Crippen molar-refractivity contribution in [2.24, 2.45) is 5.92 Å². The summed E-state index contributed by atoms with van der Waals surface area (Å²) in [6, 6.07) is 8.54. The molecule has 0 heterocycles. The molecule has 2 aromatic rings. The third-order valence-corrected chi connectivity index (χ3v) is 5.51. The van der Waals surface area contributed by atoms with Gasteiger partial charge in [-0.1, -0.05) is 42.0 Å². The highest BCUT2D eigenvalue weighted by Crippen LogP contribution is 2.42. The SMILES string of the molecule is C=C(C)C(CC=C(C)C)Cc1c(OC)cc(OC)c(C(=O)/C=C/c2ccccc2O)c1OC. The highest BCUT2D eigenvalue weighted by Gasteiger charge is 2.26. The maximum absolute atomic E-state index is 13.3. The molecule has 0 saturated carbocycles. The second-order valence-electron chi connectivity index (χ2n) is 8.19. The highest BCUT2D eigenvalue weighted by atomic mass is 16.5. The van der Waals surface area contributed by atoms with Crippen molar-refractivity contribution in [1.82, 2.24) is 0 Å². The van der Waals surface area contributed by atoms with E-state index in [0.717, 1.165) is 17.6 Å². The third kappa shape index (κ3) is 6.51. The quantitative estimate of drug-likeness (QED) is 0.244. The van der Waals surface area contributed by atoms with Gasteiger partial charge in [0.2, 0.25) is 0 Å². The maximum atomic E-state index is 13.3. The molecule has 0 aliphatic heterocycles. The number of methoxy groups -OCH3 is 3. The van der Waals surface area contributed by atoms with Crippen LogP contribution in [-0.2, 0) is 6.42 Å². The third-order valence-electron chi connectivity index (χ3n) is 5.51. The smallest absolute Gasteiger partial charge is 0.193 e. The molecule has 0 radical (unpaired) electrons. The van der Waals surface area contributed by atoms with Crippen LogP contribution < -0.4 is 14.2 Å². The fourth-order valence-corrected chi connectivity index (χ4v) is 3.61. The molecule has 1 N–H and O–H groups in total. The molecule has 2 rings (SSSR count). The molecule has 0 aromatic heterocycles. The molecule has 2 aromatic carbocycles. The number of hydrogen-bond acceptors (Lipinski definition) is 5. The predicted molar refractivity (Wildman–Crippen MR) is 134 cm³/mol. The van der Waals surface area contributed by atoms with Gasteiger partial charge in [-0.05, 0) is 57.7 Å². The number of carbonyl (C=O) groups is 1. The zero-order chi connectivity index (χ0) is 24.5. The van der Waals surface area contributed by atoms with E-state index in [9.17, 15) is 9.90 Å². The van der Waals surface area contributed by atoms with Crippen LogP contribution in [0.25, 0.3) is 6.08 Å². The topological polar surface area (TPSA) is 65.0 Å². The van der Waals surface area contributed by atoms with Gasteiger partial charge in [-0.25, -0.2) is 0 Å². The lowest BCUT2D eigenvalue weighted by Crippen LogP contribution is -2.11. The minimum atomic E-state index is -0.299. The van der Waals surface area contributed by atoms with Gasteiger partial charge in [-0.2, -0.15) is 0 Å². The van der Waals surface area contributed by atoms with Gasteiger partial charge in [0.15, 0.2) is 5.78 Å². The van der Waals surface area contributed by atoms with E-state index >= 15 is 0 Å². The van der Waals surface area contributed by atoms with Crippen LogP contribution >= 0.6 is 0 Å². The molecule has 1 atom stereocenters. The Morgan fingerprint density at radius 1 is 1.06 bits per heavy atom. The first-order chi connectivity index (χ1) is 15.7. The van der Waals surface area contributed by atoms with Gasteiger partial charge in [0.25, 0.3) is 0 Å². The molecule has 33 heavy (non-hydrogen) atoms. The summed E-state index contributed by atoms with van der Waals surface area (Å²) in [5.74, 6) is 1.31. The van der Waals surface area contributed by atoms with Crippen molar-refractivity contribution in [3.05, 3.63) is 76.9 Å². The number of ether oxygens (including phenoxy) is 3. The summed E-state index contributed by atoms with van der Waals surface area (Å²) < 4.78 is 16.9. The van der Waals surface area contributed by atoms with Crippen molar-refractivity contribution in [3.63, 3.8) is 0 Å². The Hall–Kier alpha value is -3.47. The zero-order valence-corrected chi connectivity index (χ0v) is 20.4. The normalized spacial score (nSPS) is 11.7. The van der Waals surface area contributed by atoms with Gasteiger partial charge in [0, 0.05) is 17.2 Å². The fourth-order valence-electron chi connectivity index (χ4n) is 3.61. The zero-order valence-electron chi connectivity index (χ0n) is 20.4. The van der Waals surface area contributed by atoms with Crippen molar-refractivity contribution in [2.75, 3.05) is 21.3 Å². The first kappa shape index (κ1) is 25.8. The lowest BCUT2D eigenvalue weighted by molar-refractivity contribution is 0.104. The minimum Gasteiger partial charge on any atom is -0.507 e. The lowest BCUT2D eigenvalue weighted by Gasteiger charge is -2.22.